The van der Waals surface area contributed by atoms with Gasteiger partial charge in [0.15, 0.2) is 0 Å². The summed E-state index contributed by atoms with van der Waals surface area (Å²) < 4.78 is 0. The molecule has 2 aromatic carbocycles. The molecule has 6 rings (SSSR count). The number of aliphatic hydroxyl groups excluding tert-OH is 1. The lowest BCUT2D eigenvalue weighted by atomic mass is 9.94. The van der Waals surface area contributed by atoms with Crippen molar-refractivity contribution in [3.05, 3.63) is 99.9 Å². The van der Waals surface area contributed by atoms with Gasteiger partial charge < -0.3 is 20.6 Å². The second-order valence-corrected chi connectivity index (χ2v) is 12.2. The molecule has 9 nitrogen and oxygen atoms in total. The maximum absolute atomic E-state index is 14.0. The van der Waals surface area contributed by atoms with Gasteiger partial charge in [0.2, 0.25) is 0 Å². The largest absolute Gasteiger partial charge is 0.389 e. The summed E-state index contributed by atoms with van der Waals surface area (Å²) in [7, 11) is 0. The Morgan fingerprint density at radius 2 is 1.95 bits per heavy atom. The second kappa shape index (κ2) is 13.1. The normalized spacial score (nSPS) is 19.7. The van der Waals surface area contributed by atoms with Crippen LogP contribution in [0, 0.1) is 6.92 Å². The molecule has 2 aliphatic rings. The summed E-state index contributed by atoms with van der Waals surface area (Å²) in [5.41, 5.74) is 3.90. The highest BCUT2D eigenvalue weighted by Crippen LogP contribution is 2.35. The highest BCUT2D eigenvalue weighted by molar-refractivity contribution is 7.09. The molecule has 0 bridgehead atoms. The smallest absolute Gasteiger partial charge is 0.254 e. The van der Waals surface area contributed by atoms with E-state index < -0.39 is 12.1 Å². The summed E-state index contributed by atoms with van der Waals surface area (Å²) in [6, 6.07) is 14.3. The minimum Gasteiger partial charge on any atom is -0.389 e. The fourth-order valence-corrected chi connectivity index (χ4v) is 7.04. The molecule has 222 valence electrons. The van der Waals surface area contributed by atoms with Crippen LogP contribution in [0.4, 0.5) is 0 Å². The van der Waals surface area contributed by atoms with E-state index in [0.717, 1.165) is 48.5 Å². The van der Waals surface area contributed by atoms with Crippen LogP contribution in [0.5, 0.6) is 0 Å². The third-order valence-corrected chi connectivity index (χ3v) is 9.34. The van der Waals surface area contributed by atoms with E-state index in [4.69, 9.17) is 0 Å². The van der Waals surface area contributed by atoms with Crippen LogP contribution in [0.3, 0.4) is 0 Å². The average molecular weight is 597 g/mol. The van der Waals surface area contributed by atoms with Crippen LogP contribution < -0.4 is 10.6 Å². The Balaban J connectivity index is 1.32. The fraction of sp³-hybridized carbons (Fsp3) is 0.364. The first kappa shape index (κ1) is 29.1. The summed E-state index contributed by atoms with van der Waals surface area (Å²) in [6.07, 6.45) is 8.07. The van der Waals surface area contributed by atoms with Gasteiger partial charge in [-0.05, 0) is 69.3 Å². The molecule has 4 aromatic rings. The van der Waals surface area contributed by atoms with Crippen molar-refractivity contribution in [2.45, 2.75) is 63.3 Å². The first-order valence-electron chi connectivity index (χ1n) is 14.9. The van der Waals surface area contributed by atoms with E-state index in [1.54, 1.807) is 48.1 Å². The van der Waals surface area contributed by atoms with Crippen molar-refractivity contribution in [1.82, 2.24) is 30.5 Å². The van der Waals surface area contributed by atoms with Crippen molar-refractivity contribution < 1.29 is 14.7 Å². The SMILES string of the molecule is Cc1csc(C2CCCN2C(=O)c2cc(C(=O)N[C@@H](Cc3ccccc3)[C@H](O)C3CCCN3)cc(-c3cnccn3)c2)n1. The Hall–Kier alpha value is -3.99. The van der Waals surface area contributed by atoms with E-state index in [9.17, 15) is 14.7 Å². The monoisotopic (exact) mass is 596 g/mol. The number of hydrogen-bond acceptors (Lipinski definition) is 8. The molecule has 0 spiro atoms. The standard InChI is InChI=1S/C33H36N6O3S/c1-21-20-43-32(37-21)29-10-6-14-39(29)33(42)25-17-23(28-19-34-12-13-36-28)16-24(18-25)31(41)38-27(15-22-7-3-2-4-8-22)30(40)26-9-5-11-35-26/h2-4,7-8,12-13,16-20,26-27,29-30,35,40H,5-6,9-11,14-15H2,1H3,(H,38,41)/t26?,27-,29?,30+/m0/s1. The number of carbonyl (C=O) groups excluding carboxylic acids is 2. The van der Waals surface area contributed by atoms with Gasteiger partial charge in [0, 0.05) is 52.7 Å². The number of rotatable bonds is 9. The van der Waals surface area contributed by atoms with Crippen molar-refractivity contribution in [2.75, 3.05) is 13.1 Å². The van der Waals surface area contributed by atoms with Crippen molar-refractivity contribution in [1.29, 1.82) is 0 Å². The minimum atomic E-state index is -0.775. The Morgan fingerprint density at radius 3 is 2.67 bits per heavy atom. The summed E-state index contributed by atoms with van der Waals surface area (Å²) in [6.45, 7) is 3.43. The zero-order chi connectivity index (χ0) is 29.8. The van der Waals surface area contributed by atoms with Crippen LogP contribution in [-0.4, -0.2) is 68.0 Å². The van der Waals surface area contributed by atoms with Gasteiger partial charge in [0.05, 0.1) is 30.1 Å². The van der Waals surface area contributed by atoms with Gasteiger partial charge >= 0.3 is 0 Å². The Morgan fingerprint density at radius 1 is 1.12 bits per heavy atom. The summed E-state index contributed by atoms with van der Waals surface area (Å²) in [5, 5.41) is 20.8. The van der Waals surface area contributed by atoms with Gasteiger partial charge in [-0.2, -0.15) is 0 Å². The minimum absolute atomic E-state index is 0.0899. The lowest BCUT2D eigenvalue weighted by Gasteiger charge is -2.29. The zero-order valence-electron chi connectivity index (χ0n) is 24.1. The first-order valence-corrected chi connectivity index (χ1v) is 15.7. The third kappa shape index (κ3) is 6.66. The molecular formula is C33H36N6O3S. The van der Waals surface area contributed by atoms with E-state index in [-0.39, 0.29) is 23.9 Å². The molecule has 0 radical (unpaired) electrons. The van der Waals surface area contributed by atoms with Crippen molar-refractivity contribution in [3.63, 3.8) is 0 Å². The molecule has 2 unspecified atom stereocenters. The average Bonchev–Trinajstić information content (AvgIpc) is 3.83. The lowest BCUT2D eigenvalue weighted by molar-refractivity contribution is 0.0733. The Labute approximate surface area is 255 Å². The Kier molecular flexibility index (Phi) is 8.87. The fourth-order valence-electron chi connectivity index (χ4n) is 6.10. The number of carbonyl (C=O) groups is 2. The topological polar surface area (TPSA) is 120 Å². The quantitative estimate of drug-likeness (QED) is 0.263. The van der Waals surface area contributed by atoms with E-state index in [0.29, 0.717) is 35.3 Å². The van der Waals surface area contributed by atoms with Gasteiger partial charge in [-0.3, -0.25) is 19.6 Å². The van der Waals surface area contributed by atoms with Crippen LogP contribution >= 0.6 is 11.3 Å². The number of likely N-dealkylation sites (tertiary alicyclic amines) is 1. The number of aromatic nitrogens is 3. The van der Waals surface area contributed by atoms with E-state index in [1.807, 2.05) is 47.5 Å². The number of nitrogens with zero attached hydrogens (tertiary/aromatic N) is 4. The summed E-state index contributed by atoms with van der Waals surface area (Å²) >= 11 is 1.58. The molecule has 2 fully saturated rings. The number of hydrogen-bond donors (Lipinski definition) is 3. The molecule has 4 heterocycles. The highest BCUT2D eigenvalue weighted by atomic mass is 32.1. The van der Waals surface area contributed by atoms with Gasteiger partial charge in [-0.1, -0.05) is 30.3 Å². The zero-order valence-corrected chi connectivity index (χ0v) is 25.0. The number of aryl methyl sites for hydroxylation is 1. The summed E-state index contributed by atoms with van der Waals surface area (Å²) in [4.78, 5) is 43.1. The van der Waals surface area contributed by atoms with Gasteiger partial charge in [-0.15, -0.1) is 11.3 Å². The molecule has 2 aliphatic heterocycles. The molecule has 3 N–H and O–H groups in total. The second-order valence-electron chi connectivity index (χ2n) is 11.3. The Bertz CT molecular complexity index is 1560. The number of thiazole rings is 1. The number of nitrogens with one attached hydrogen (secondary N) is 2. The van der Waals surface area contributed by atoms with Crippen LogP contribution in [0.15, 0.2) is 72.5 Å². The van der Waals surface area contributed by atoms with Crippen LogP contribution in [0.1, 0.15) is 68.7 Å². The van der Waals surface area contributed by atoms with E-state index >= 15 is 0 Å². The molecule has 2 saturated heterocycles. The predicted molar refractivity (Wildman–Crippen MR) is 166 cm³/mol. The van der Waals surface area contributed by atoms with Crippen molar-refractivity contribution in [3.8, 4) is 11.3 Å². The highest BCUT2D eigenvalue weighted by Gasteiger charge is 2.34. The van der Waals surface area contributed by atoms with Crippen LogP contribution in [0.25, 0.3) is 11.3 Å². The van der Waals surface area contributed by atoms with Crippen molar-refractivity contribution >= 4 is 23.2 Å². The van der Waals surface area contributed by atoms with Gasteiger partial charge in [-0.25, -0.2) is 4.98 Å². The third-order valence-electron chi connectivity index (χ3n) is 8.27. The maximum atomic E-state index is 14.0. The number of aliphatic hydroxyl groups is 1. The molecule has 10 heteroatoms. The van der Waals surface area contributed by atoms with E-state index in [1.165, 1.54) is 0 Å². The molecule has 43 heavy (non-hydrogen) atoms. The van der Waals surface area contributed by atoms with Gasteiger partial charge in [0.25, 0.3) is 11.8 Å². The van der Waals surface area contributed by atoms with Gasteiger partial charge in [0.1, 0.15) is 5.01 Å². The first-order chi connectivity index (χ1) is 21.0. The molecule has 0 saturated carbocycles. The summed E-state index contributed by atoms with van der Waals surface area (Å²) in [5.74, 6) is -0.502. The number of amides is 2. The molecule has 4 atom stereocenters. The molecular weight excluding hydrogens is 560 g/mol. The maximum Gasteiger partial charge on any atom is 0.254 e. The lowest BCUT2D eigenvalue weighted by Crippen LogP contribution is -2.52. The predicted octanol–water partition coefficient (Wildman–Crippen LogP) is 4.34. The molecule has 0 aliphatic carbocycles. The number of benzene rings is 2. The van der Waals surface area contributed by atoms with Crippen LogP contribution in [-0.2, 0) is 6.42 Å². The van der Waals surface area contributed by atoms with Crippen LogP contribution in [0.2, 0.25) is 0 Å². The molecule has 2 amide bonds. The van der Waals surface area contributed by atoms with Crippen molar-refractivity contribution in [2.24, 2.45) is 0 Å². The molecule has 2 aromatic heterocycles. The van der Waals surface area contributed by atoms with E-state index in [2.05, 4.69) is 25.6 Å².